The highest BCUT2D eigenvalue weighted by atomic mass is 31.2. The van der Waals surface area contributed by atoms with E-state index in [1.807, 2.05) is 0 Å². The van der Waals surface area contributed by atoms with Crippen LogP contribution in [-0.4, -0.2) is 74.7 Å². The summed E-state index contributed by atoms with van der Waals surface area (Å²) >= 11 is 0. The van der Waals surface area contributed by atoms with Gasteiger partial charge in [-0.1, -0.05) is 125 Å². The van der Waals surface area contributed by atoms with Crippen LogP contribution in [0.15, 0.2) is 85.1 Å². The molecule has 11 nitrogen and oxygen atoms in total. The molecule has 312 valence electrons. The molecule has 0 aromatic carbocycles. The van der Waals surface area contributed by atoms with Crippen LogP contribution in [0.5, 0.6) is 0 Å². The van der Waals surface area contributed by atoms with Crippen molar-refractivity contribution >= 4 is 19.8 Å². The van der Waals surface area contributed by atoms with E-state index in [2.05, 4.69) is 79.1 Å². The molecule has 0 radical (unpaired) electrons. The molecule has 1 saturated carbocycles. The molecule has 5 N–H and O–H groups in total. The number of esters is 2. The highest BCUT2D eigenvalue weighted by Crippen LogP contribution is 2.37. The molecule has 0 bridgehead atoms. The molecule has 0 aromatic heterocycles. The first-order valence-corrected chi connectivity index (χ1v) is 21.7. The Bertz CT molecular complexity index is 1280. The summed E-state index contributed by atoms with van der Waals surface area (Å²) in [5.41, 5.74) is 0. The average molecular weight is 793 g/mol. The monoisotopic (exact) mass is 792 g/mol. The molecule has 0 amide bonds. The fraction of sp³-hybridized carbons (Fsp3) is 0.628. The minimum atomic E-state index is -4.85. The zero-order valence-electron chi connectivity index (χ0n) is 33.1. The maximum atomic E-state index is 12.4. The van der Waals surface area contributed by atoms with Gasteiger partial charge in [0, 0.05) is 18.8 Å². The molecule has 0 unspecified atom stereocenters. The maximum Gasteiger partial charge on any atom is 0.469 e. The lowest BCUT2D eigenvalue weighted by Crippen LogP contribution is -2.29. The second kappa shape index (κ2) is 32.2. The minimum Gasteiger partial charge on any atom is -0.461 e. The average Bonchev–Trinajstić information content (AvgIpc) is 3.41. The van der Waals surface area contributed by atoms with E-state index in [0.29, 0.717) is 19.3 Å². The Morgan fingerprint density at radius 2 is 1.38 bits per heavy atom. The standard InChI is InChI=1S/C43H69O11P/c1-3-5-7-8-9-10-11-12-13-14-15-16-17-18-19-20-21-22-24-30-43(48)54-37(35-53-55(49,50)51)34-52-42(47)29-26-25-28-38-39(41(46)33-40(38)45)32-31-36(44)27-23-6-4-2/h5,7,9-10,12-13,15-16,18-19,25-26,31-32,36-41,44-46H,3-4,6,8,11,14,17,20-24,27-30,33-35H2,1-2H3,(H2,49,50,51)/b7-5-,10-9-,13-12-,16-15-,19-18-,26-25-,32-31+/t36-,37-,38+,39-,40+,41-/m1/s1. The Morgan fingerprint density at radius 3 is 2.00 bits per heavy atom. The van der Waals surface area contributed by atoms with Gasteiger partial charge in [-0.15, -0.1) is 0 Å². The van der Waals surface area contributed by atoms with Crippen molar-refractivity contribution in [2.45, 2.75) is 147 Å². The summed E-state index contributed by atoms with van der Waals surface area (Å²) in [7, 11) is -4.85. The maximum absolute atomic E-state index is 12.4. The molecule has 12 heteroatoms. The normalized spacial score (nSPS) is 20.8. The van der Waals surface area contributed by atoms with Gasteiger partial charge in [0.25, 0.3) is 0 Å². The lowest BCUT2D eigenvalue weighted by Gasteiger charge is -2.19. The predicted molar refractivity (Wildman–Crippen MR) is 218 cm³/mol. The largest absolute Gasteiger partial charge is 0.469 e. The fourth-order valence-corrected chi connectivity index (χ4v) is 6.32. The lowest BCUT2D eigenvalue weighted by molar-refractivity contribution is -0.160. The van der Waals surface area contributed by atoms with Crippen LogP contribution in [0.25, 0.3) is 0 Å². The van der Waals surface area contributed by atoms with Gasteiger partial charge in [0.15, 0.2) is 6.10 Å². The summed E-state index contributed by atoms with van der Waals surface area (Å²) in [6.07, 6.45) is 37.2. The van der Waals surface area contributed by atoms with Crippen LogP contribution in [0.2, 0.25) is 0 Å². The second-order valence-corrected chi connectivity index (χ2v) is 15.1. The van der Waals surface area contributed by atoms with Gasteiger partial charge in [0.1, 0.15) is 6.61 Å². The highest BCUT2D eigenvalue weighted by Gasteiger charge is 2.39. The molecule has 1 fully saturated rings. The van der Waals surface area contributed by atoms with Crippen LogP contribution >= 0.6 is 7.82 Å². The quantitative estimate of drug-likeness (QED) is 0.0197. The number of carbonyl (C=O) groups is 2. The van der Waals surface area contributed by atoms with Crippen LogP contribution in [0.3, 0.4) is 0 Å². The highest BCUT2D eigenvalue weighted by molar-refractivity contribution is 7.46. The molecule has 0 aliphatic heterocycles. The Hall–Kier alpha value is -2.89. The third kappa shape index (κ3) is 28.2. The summed E-state index contributed by atoms with van der Waals surface area (Å²) in [4.78, 5) is 43.1. The number of aliphatic hydroxyl groups excluding tert-OH is 3. The van der Waals surface area contributed by atoms with E-state index in [-0.39, 0.29) is 31.1 Å². The van der Waals surface area contributed by atoms with Gasteiger partial charge < -0.3 is 34.6 Å². The molecular weight excluding hydrogens is 723 g/mol. The first-order valence-electron chi connectivity index (χ1n) is 20.1. The van der Waals surface area contributed by atoms with Crippen molar-refractivity contribution in [2.75, 3.05) is 13.2 Å². The van der Waals surface area contributed by atoms with Crippen LogP contribution in [0.4, 0.5) is 0 Å². The second-order valence-electron chi connectivity index (χ2n) is 13.9. The number of phosphoric ester groups is 1. The third-order valence-corrected chi connectivity index (χ3v) is 9.49. The number of allylic oxidation sites excluding steroid dienone is 11. The minimum absolute atomic E-state index is 0.102. The van der Waals surface area contributed by atoms with E-state index in [1.54, 1.807) is 24.3 Å². The van der Waals surface area contributed by atoms with Crippen LogP contribution in [0, 0.1) is 11.8 Å². The third-order valence-electron chi connectivity index (χ3n) is 9.00. The van der Waals surface area contributed by atoms with E-state index < -0.39 is 57.4 Å². The van der Waals surface area contributed by atoms with E-state index in [4.69, 9.17) is 19.3 Å². The van der Waals surface area contributed by atoms with E-state index >= 15 is 0 Å². The smallest absolute Gasteiger partial charge is 0.461 e. The summed E-state index contributed by atoms with van der Waals surface area (Å²) < 4.78 is 26.3. The molecule has 0 aromatic rings. The molecule has 55 heavy (non-hydrogen) atoms. The zero-order valence-corrected chi connectivity index (χ0v) is 34.0. The summed E-state index contributed by atoms with van der Waals surface area (Å²) in [6, 6.07) is 0. The first-order chi connectivity index (χ1) is 26.5. The van der Waals surface area contributed by atoms with Crippen molar-refractivity contribution < 1.29 is 53.3 Å². The van der Waals surface area contributed by atoms with Gasteiger partial charge >= 0.3 is 19.8 Å². The van der Waals surface area contributed by atoms with E-state index in [0.717, 1.165) is 70.6 Å². The van der Waals surface area contributed by atoms with Crippen molar-refractivity contribution in [2.24, 2.45) is 11.8 Å². The summed E-state index contributed by atoms with van der Waals surface area (Å²) in [6.45, 7) is 3.13. The molecule has 0 spiro atoms. The van der Waals surface area contributed by atoms with Crippen LogP contribution in [0.1, 0.15) is 123 Å². The van der Waals surface area contributed by atoms with Crippen molar-refractivity contribution in [3.63, 3.8) is 0 Å². The van der Waals surface area contributed by atoms with Crippen molar-refractivity contribution in [3.8, 4) is 0 Å². The molecule has 1 aliphatic rings. The Morgan fingerprint density at radius 1 is 0.745 bits per heavy atom. The fourth-order valence-electron chi connectivity index (χ4n) is 5.96. The predicted octanol–water partition coefficient (Wildman–Crippen LogP) is 8.44. The van der Waals surface area contributed by atoms with E-state index in [9.17, 15) is 29.5 Å². The number of phosphoric acid groups is 1. The van der Waals surface area contributed by atoms with Gasteiger partial charge in [-0.3, -0.25) is 14.1 Å². The lowest BCUT2D eigenvalue weighted by atomic mass is 9.89. The molecule has 6 atom stereocenters. The Balaban J connectivity index is 2.37. The first kappa shape index (κ1) is 50.1. The van der Waals surface area contributed by atoms with Gasteiger partial charge in [-0.2, -0.15) is 0 Å². The van der Waals surface area contributed by atoms with Crippen LogP contribution in [-0.2, 0) is 28.2 Å². The molecular formula is C43H69O11P. The van der Waals surface area contributed by atoms with Gasteiger partial charge in [0.2, 0.25) is 0 Å². The number of unbranched alkanes of at least 4 members (excludes halogenated alkanes) is 5. The SMILES string of the molecule is CC/C=C\C/C=C\C/C=C\C/C=C\C/C=C\CCCCCC(=O)O[C@H](COC(=O)C/C=C\C[C@H]1[C@@H](/C=C/[C@H](O)CCCCC)[C@H](O)C[C@@H]1O)COP(=O)(O)O. The Kier molecular flexibility index (Phi) is 29.4. The number of ether oxygens (including phenoxy) is 2. The van der Waals surface area contributed by atoms with Crippen molar-refractivity contribution in [1.82, 2.24) is 0 Å². The van der Waals surface area contributed by atoms with E-state index in [1.165, 1.54) is 0 Å². The van der Waals surface area contributed by atoms with Crippen molar-refractivity contribution in [3.05, 3.63) is 85.1 Å². The number of hydrogen-bond acceptors (Lipinski definition) is 9. The number of carbonyl (C=O) groups excluding carboxylic acids is 2. The number of rotatable bonds is 31. The van der Waals surface area contributed by atoms with Gasteiger partial charge in [0.05, 0.1) is 31.3 Å². The number of aliphatic hydroxyl groups is 3. The van der Waals surface area contributed by atoms with Crippen molar-refractivity contribution in [1.29, 1.82) is 0 Å². The Labute approximate surface area is 329 Å². The molecule has 0 saturated heterocycles. The topological polar surface area (TPSA) is 180 Å². The summed E-state index contributed by atoms with van der Waals surface area (Å²) in [5, 5.41) is 31.2. The van der Waals surface area contributed by atoms with Crippen LogP contribution < -0.4 is 0 Å². The summed E-state index contributed by atoms with van der Waals surface area (Å²) in [5.74, 6) is -1.85. The van der Waals surface area contributed by atoms with Gasteiger partial charge in [-0.25, -0.2) is 4.57 Å². The number of hydrogen-bond donors (Lipinski definition) is 5. The molecule has 1 aliphatic carbocycles. The van der Waals surface area contributed by atoms with Gasteiger partial charge in [-0.05, 0) is 70.1 Å². The molecule has 0 heterocycles. The molecule has 1 rings (SSSR count). The zero-order chi connectivity index (χ0) is 40.6.